The first-order chi connectivity index (χ1) is 28.8. The lowest BCUT2D eigenvalue weighted by Crippen LogP contribution is -2.30. The van der Waals surface area contributed by atoms with E-state index in [4.69, 9.17) is 23.8 Å². The summed E-state index contributed by atoms with van der Waals surface area (Å²) in [6.45, 7) is 1.35. The number of allylic oxidation sites excluding steroid dienone is 12. The minimum Gasteiger partial charge on any atom is -0.462 e. The number of phosphoric acid groups is 2. The van der Waals surface area contributed by atoms with Crippen LogP contribution in [0.1, 0.15) is 149 Å². The van der Waals surface area contributed by atoms with Crippen molar-refractivity contribution in [2.24, 2.45) is 0 Å². The molecule has 0 aliphatic carbocycles. The Morgan fingerprint density at radius 3 is 1.55 bits per heavy atom. The third kappa shape index (κ3) is 42.2. The van der Waals surface area contributed by atoms with Crippen LogP contribution in [0.5, 0.6) is 0 Å². The molecule has 0 bridgehead atoms. The van der Waals surface area contributed by atoms with Crippen LogP contribution >= 0.6 is 15.6 Å². The largest absolute Gasteiger partial charge is 0.472 e. The molecule has 1 unspecified atom stereocenters. The molecule has 16 heteroatoms. The summed E-state index contributed by atoms with van der Waals surface area (Å²) < 4.78 is 47.7. The Kier molecular flexibility index (Phi) is 37.7. The fraction of sp³-hybridized carbons (Fsp3) is 0.682. The average molecular weight is 891 g/mol. The van der Waals surface area contributed by atoms with E-state index in [2.05, 4.69) is 76.7 Å². The maximum absolute atomic E-state index is 12.6. The summed E-state index contributed by atoms with van der Waals surface area (Å²) in [7, 11) is -9.71. The standard InChI is InChI=1S/C44H76O14P2/c1-3-5-6-7-8-9-10-11-12-17-20-23-26-29-32-35-44(48)58-42(39-57-60(52,53)56-37-41(46)36-55-59(49,50)51)38-54-43(47)34-31-28-25-22-19-16-14-13-15-18-21-24-27-30-33-40(45)4-2/h8-9,11-12,14-16,18,22,24-25,27,40-42,45-46H,3-7,10,13,17,19-21,23,26,28-39H2,1-2H3,(H,52,53)(H2,49,50,51)/b9-8-,12-11-,16-14-,18-15-,25-22-,27-24-/t40-,41-,42+/m0/s1. The molecule has 0 fully saturated rings. The number of phosphoric ester groups is 2. The highest BCUT2D eigenvalue weighted by atomic mass is 31.2. The van der Waals surface area contributed by atoms with Crippen LogP contribution in [0.3, 0.4) is 0 Å². The lowest BCUT2D eigenvalue weighted by molar-refractivity contribution is -0.161. The van der Waals surface area contributed by atoms with Crippen molar-refractivity contribution in [2.75, 3.05) is 26.4 Å². The number of carbonyl (C=O) groups excluding carboxylic acids is 2. The number of unbranched alkanes of at least 4 members (excludes halogenated alkanes) is 9. The Balaban J connectivity index is 4.65. The number of carbonyl (C=O) groups is 2. The molecule has 0 heterocycles. The van der Waals surface area contributed by atoms with Crippen LogP contribution in [0, 0.1) is 0 Å². The third-order valence-electron chi connectivity index (χ3n) is 8.72. The van der Waals surface area contributed by atoms with Crippen molar-refractivity contribution in [3.63, 3.8) is 0 Å². The Labute approximate surface area is 359 Å². The molecule has 0 radical (unpaired) electrons. The number of aliphatic hydroxyl groups is 2. The number of hydrogen-bond acceptors (Lipinski definition) is 11. The van der Waals surface area contributed by atoms with E-state index in [0.29, 0.717) is 19.3 Å². The molecular weight excluding hydrogens is 814 g/mol. The van der Waals surface area contributed by atoms with Gasteiger partial charge in [0.1, 0.15) is 12.7 Å². The van der Waals surface area contributed by atoms with Crippen molar-refractivity contribution in [2.45, 2.75) is 167 Å². The number of hydrogen-bond donors (Lipinski definition) is 5. The van der Waals surface area contributed by atoms with Crippen LogP contribution in [0.15, 0.2) is 72.9 Å². The third-order valence-corrected chi connectivity index (χ3v) is 10.2. The Bertz CT molecular complexity index is 1350. The number of rotatable bonds is 40. The summed E-state index contributed by atoms with van der Waals surface area (Å²) in [6, 6.07) is 0. The van der Waals surface area contributed by atoms with Crippen LogP contribution < -0.4 is 0 Å². The second kappa shape index (κ2) is 39.4. The van der Waals surface area contributed by atoms with Gasteiger partial charge in [0.2, 0.25) is 0 Å². The Morgan fingerprint density at radius 1 is 0.517 bits per heavy atom. The summed E-state index contributed by atoms with van der Waals surface area (Å²) in [4.78, 5) is 52.6. The van der Waals surface area contributed by atoms with Gasteiger partial charge < -0.3 is 34.4 Å². The van der Waals surface area contributed by atoms with Crippen molar-refractivity contribution in [1.82, 2.24) is 0 Å². The predicted molar refractivity (Wildman–Crippen MR) is 236 cm³/mol. The van der Waals surface area contributed by atoms with Crippen LogP contribution in [0.25, 0.3) is 0 Å². The highest BCUT2D eigenvalue weighted by molar-refractivity contribution is 7.47. The second-order valence-corrected chi connectivity index (χ2v) is 17.1. The minimum absolute atomic E-state index is 0.0934. The summed E-state index contributed by atoms with van der Waals surface area (Å²) in [6.07, 6.45) is 39.8. The molecule has 0 rings (SSSR count). The molecule has 5 N–H and O–H groups in total. The van der Waals surface area contributed by atoms with Gasteiger partial charge in [-0.15, -0.1) is 0 Å². The molecule has 0 amide bonds. The second-order valence-electron chi connectivity index (χ2n) is 14.4. The normalized spacial score (nSPS) is 15.2. The lowest BCUT2D eigenvalue weighted by Gasteiger charge is -2.20. The van der Waals surface area contributed by atoms with Gasteiger partial charge in [-0.25, -0.2) is 9.13 Å². The van der Waals surface area contributed by atoms with E-state index in [-0.39, 0.29) is 18.9 Å². The first-order valence-corrected chi connectivity index (χ1v) is 24.7. The van der Waals surface area contributed by atoms with E-state index >= 15 is 0 Å². The molecule has 60 heavy (non-hydrogen) atoms. The fourth-order valence-corrected chi connectivity index (χ4v) is 6.39. The molecule has 0 saturated carbocycles. The molecule has 0 aliphatic heterocycles. The summed E-state index contributed by atoms with van der Waals surface area (Å²) in [5.74, 6) is -1.14. The predicted octanol–water partition coefficient (Wildman–Crippen LogP) is 9.98. The molecule has 0 spiro atoms. The first-order valence-electron chi connectivity index (χ1n) is 21.7. The quantitative estimate of drug-likeness (QED) is 0.0168. The topological polar surface area (TPSA) is 216 Å². The van der Waals surface area contributed by atoms with E-state index in [9.17, 15) is 33.8 Å². The zero-order valence-corrected chi connectivity index (χ0v) is 37.9. The van der Waals surface area contributed by atoms with Crippen LogP contribution in [0.4, 0.5) is 0 Å². The highest BCUT2D eigenvalue weighted by Gasteiger charge is 2.28. The molecule has 0 aromatic rings. The Hall–Kier alpha value is -2.48. The fourth-order valence-electron chi connectivity index (χ4n) is 5.23. The molecule has 0 aromatic carbocycles. The van der Waals surface area contributed by atoms with Gasteiger partial charge >= 0.3 is 27.6 Å². The number of aliphatic hydroxyl groups excluding tert-OH is 2. The number of esters is 2. The Morgan fingerprint density at radius 2 is 0.983 bits per heavy atom. The molecule has 4 atom stereocenters. The van der Waals surface area contributed by atoms with E-state index in [1.54, 1.807) is 0 Å². The van der Waals surface area contributed by atoms with Crippen molar-refractivity contribution >= 4 is 27.6 Å². The van der Waals surface area contributed by atoms with E-state index < -0.39 is 66.2 Å². The van der Waals surface area contributed by atoms with Crippen molar-refractivity contribution in [1.29, 1.82) is 0 Å². The highest BCUT2D eigenvalue weighted by Crippen LogP contribution is 2.43. The van der Waals surface area contributed by atoms with Gasteiger partial charge in [-0.05, 0) is 89.9 Å². The van der Waals surface area contributed by atoms with Gasteiger partial charge in [0, 0.05) is 12.8 Å². The minimum atomic E-state index is -4.88. The molecule has 14 nitrogen and oxygen atoms in total. The van der Waals surface area contributed by atoms with Gasteiger partial charge in [0.05, 0.1) is 25.9 Å². The molecule has 0 aliphatic rings. The molecule has 0 aromatic heterocycles. The van der Waals surface area contributed by atoms with Gasteiger partial charge in [-0.1, -0.05) is 119 Å². The van der Waals surface area contributed by atoms with Crippen molar-refractivity contribution < 1.29 is 66.7 Å². The maximum atomic E-state index is 12.6. The zero-order chi connectivity index (χ0) is 44.6. The first kappa shape index (κ1) is 57.5. The van der Waals surface area contributed by atoms with Gasteiger partial charge in [0.15, 0.2) is 6.10 Å². The zero-order valence-electron chi connectivity index (χ0n) is 36.1. The summed E-state index contributed by atoms with van der Waals surface area (Å²) in [5.41, 5.74) is 0. The lowest BCUT2D eigenvalue weighted by atomic mass is 10.1. The van der Waals surface area contributed by atoms with E-state index in [1.165, 1.54) is 19.3 Å². The van der Waals surface area contributed by atoms with Gasteiger partial charge in [0.25, 0.3) is 0 Å². The SMILES string of the molecule is CCCCC/C=C\C/C=C\CCCCCCCC(=O)O[C@H](COC(=O)CCC/C=C\C/C=C\C/C=C\C/C=C\CC[C@@H](O)CC)COP(=O)(O)OC[C@@H](O)COP(=O)(O)O. The van der Waals surface area contributed by atoms with Crippen molar-refractivity contribution in [3.8, 4) is 0 Å². The van der Waals surface area contributed by atoms with Crippen LogP contribution in [-0.2, 0) is 41.8 Å². The summed E-state index contributed by atoms with van der Waals surface area (Å²) in [5, 5.41) is 19.3. The summed E-state index contributed by atoms with van der Waals surface area (Å²) >= 11 is 0. The monoisotopic (exact) mass is 890 g/mol. The molecule has 0 saturated heterocycles. The molecular formula is C44H76O14P2. The van der Waals surface area contributed by atoms with Crippen LogP contribution in [-0.4, -0.2) is 81.6 Å². The van der Waals surface area contributed by atoms with Crippen molar-refractivity contribution in [3.05, 3.63) is 72.9 Å². The smallest absolute Gasteiger partial charge is 0.462 e. The average Bonchev–Trinajstić information content (AvgIpc) is 3.21. The van der Waals surface area contributed by atoms with E-state index in [0.717, 1.165) is 83.5 Å². The van der Waals surface area contributed by atoms with E-state index in [1.807, 2.05) is 19.1 Å². The van der Waals surface area contributed by atoms with Gasteiger partial charge in [-0.3, -0.25) is 23.2 Å². The number of ether oxygens (including phenoxy) is 2. The maximum Gasteiger partial charge on any atom is 0.472 e. The van der Waals surface area contributed by atoms with Crippen LogP contribution in [0.2, 0.25) is 0 Å². The van der Waals surface area contributed by atoms with Gasteiger partial charge in [-0.2, -0.15) is 0 Å². The molecule has 346 valence electrons.